The summed E-state index contributed by atoms with van der Waals surface area (Å²) in [5, 5.41) is 23.6. The Kier molecular flexibility index (Phi) is 11.3. The number of rotatable bonds is 3. The van der Waals surface area contributed by atoms with E-state index in [9.17, 15) is 9.59 Å². The molecule has 0 saturated carbocycles. The van der Waals surface area contributed by atoms with Crippen LogP contribution in [-0.4, -0.2) is 45.4 Å². The van der Waals surface area contributed by atoms with Gasteiger partial charge in [-0.25, -0.2) is 4.79 Å². The first-order valence-corrected chi connectivity index (χ1v) is 5.42. The van der Waals surface area contributed by atoms with Crippen LogP contribution in [0.4, 0.5) is 0 Å². The summed E-state index contributed by atoms with van der Waals surface area (Å²) in [5.41, 5.74) is 5.38. The lowest BCUT2D eigenvalue weighted by atomic mass is 10.1. The highest BCUT2D eigenvalue weighted by molar-refractivity contribution is 5.86. The average molecular weight is 272 g/mol. The number of aliphatic hydroxyl groups is 1. The molecule has 0 aliphatic rings. The van der Waals surface area contributed by atoms with E-state index in [-0.39, 0.29) is 11.5 Å². The Hall–Kier alpha value is -1.99. The Labute approximate surface area is 111 Å². The number of pyridine rings is 1. The Morgan fingerprint density at radius 1 is 1.26 bits per heavy atom. The van der Waals surface area contributed by atoms with Crippen molar-refractivity contribution < 1.29 is 24.9 Å². The molecule has 7 nitrogen and oxygen atoms in total. The molecule has 108 valence electrons. The number of carboxylic acids is 2. The summed E-state index contributed by atoms with van der Waals surface area (Å²) in [5.74, 6) is -1.85. The molecule has 0 saturated heterocycles. The maximum atomic E-state index is 10.2. The SMILES string of the molecule is CC(C)[C@H](N)C(=O)O.CO.O=C(O)c1cccnc1. The van der Waals surface area contributed by atoms with Gasteiger partial charge in [0.05, 0.1) is 5.56 Å². The van der Waals surface area contributed by atoms with Crippen molar-refractivity contribution in [3.8, 4) is 0 Å². The molecule has 1 atom stereocenters. The first kappa shape index (κ1) is 19.4. The summed E-state index contributed by atoms with van der Waals surface area (Å²) >= 11 is 0. The van der Waals surface area contributed by atoms with Crippen LogP contribution in [0, 0.1) is 5.92 Å². The Bertz CT molecular complexity index is 368. The van der Waals surface area contributed by atoms with Gasteiger partial charge in [-0.05, 0) is 18.1 Å². The largest absolute Gasteiger partial charge is 0.480 e. The predicted molar refractivity (Wildman–Crippen MR) is 69.8 cm³/mol. The fourth-order valence-corrected chi connectivity index (χ4v) is 0.774. The van der Waals surface area contributed by atoms with Crippen LogP contribution in [0.3, 0.4) is 0 Å². The number of aliphatic carboxylic acids is 1. The minimum absolute atomic E-state index is 0.0208. The number of carbonyl (C=O) groups is 2. The van der Waals surface area contributed by atoms with E-state index < -0.39 is 18.0 Å². The van der Waals surface area contributed by atoms with Crippen molar-refractivity contribution in [1.82, 2.24) is 4.98 Å². The number of nitrogens with two attached hydrogens (primary N) is 1. The smallest absolute Gasteiger partial charge is 0.337 e. The van der Waals surface area contributed by atoms with E-state index in [4.69, 9.17) is 21.1 Å². The van der Waals surface area contributed by atoms with Crippen LogP contribution in [0.1, 0.15) is 24.2 Å². The van der Waals surface area contributed by atoms with Gasteiger partial charge in [-0.1, -0.05) is 13.8 Å². The van der Waals surface area contributed by atoms with Crippen molar-refractivity contribution in [3.63, 3.8) is 0 Å². The van der Waals surface area contributed by atoms with Crippen LogP contribution in [-0.2, 0) is 4.79 Å². The second-order valence-corrected chi connectivity index (χ2v) is 3.65. The van der Waals surface area contributed by atoms with Crippen LogP contribution >= 0.6 is 0 Å². The van der Waals surface area contributed by atoms with Gasteiger partial charge in [0.25, 0.3) is 0 Å². The number of aromatic carboxylic acids is 1. The third kappa shape index (κ3) is 9.69. The lowest BCUT2D eigenvalue weighted by molar-refractivity contribution is -0.139. The van der Waals surface area contributed by atoms with Crippen molar-refractivity contribution >= 4 is 11.9 Å². The molecule has 0 aromatic carbocycles. The van der Waals surface area contributed by atoms with Crippen molar-refractivity contribution in [3.05, 3.63) is 30.1 Å². The predicted octanol–water partition coefficient (Wildman–Crippen LogP) is 0.443. The van der Waals surface area contributed by atoms with Crippen molar-refractivity contribution in [2.75, 3.05) is 7.11 Å². The number of hydrogen-bond acceptors (Lipinski definition) is 5. The summed E-state index contributed by atoms with van der Waals surface area (Å²) in [6, 6.07) is 2.37. The molecular weight excluding hydrogens is 252 g/mol. The van der Waals surface area contributed by atoms with Crippen LogP contribution in [0.15, 0.2) is 24.5 Å². The van der Waals surface area contributed by atoms with Gasteiger partial charge in [-0.2, -0.15) is 0 Å². The lowest BCUT2D eigenvalue weighted by Gasteiger charge is -2.07. The van der Waals surface area contributed by atoms with Crippen LogP contribution in [0.2, 0.25) is 0 Å². The monoisotopic (exact) mass is 272 g/mol. The molecule has 0 amide bonds. The summed E-state index contributed by atoms with van der Waals surface area (Å²) in [6.07, 6.45) is 2.84. The van der Waals surface area contributed by atoms with Gasteiger partial charge in [-0.3, -0.25) is 9.78 Å². The molecule has 0 radical (unpaired) electrons. The van der Waals surface area contributed by atoms with Gasteiger partial charge < -0.3 is 21.1 Å². The molecule has 1 aromatic heterocycles. The summed E-state index contributed by atoms with van der Waals surface area (Å²) < 4.78 is 0. The summed E-state index contributed by atoms with van der Waals surface area (Å²) in [6.45, 7) is 3.55. The van der Waals surface area contributed by atoms with E-state index in [1.54, 1.807) is 19.9 Å². The molecule has 0 spiro atoms. The molecule has 0 aliphatic carbocycles. The molecular formula is C12H20N2O5. The fraction of sp³-hybridized carbons (Fsp3) is 0.417. The first-order chi connectivity index (χ1) is 8.86. The molecule has 19 heavy (non-hydrogen) atoms. The quantitative estimate of drug-likeness (QED) is 0.627. The summed E-state index contributed by atoms with van der Waals surface area (Å²) in [4.78, 5) is 23.8. The molecule has 0 aliphatic heterocycles. The standard InChI is InChI=1S/C6H5NO2.C5H11NO2.CH4O/c8-6(9)5-2-1-3-7-4-5;1-3(2)4(6)5(7)8;1-2/h1-4H,(H,8,9);3-4H,6H2,1-2H3,(H,7,8);2H,1H3/t;4-;/m.0./s1. The van der Waals surface area contributed by atoms with E-state index in [0.717, 1.165) is 7.11 Å². The molecule has 7 heteroatoms. The van der Waals surface area contributed by atoms with Crippen molar-refractivity contribution in [1.29, 1.82) is 0 Å². The first-order valence-electron chi connectivity index (χ1n) is 5.42. The van der Waals surface area contributed by atoms with Crippen molar-refractivity contribution in [2.24, 2.45) is 11.7 Å². The molecule has 0 bridgehead atoms. The maximum absolute atomic E-state index is 10.2. The molecule has 0 fully saturated rings. The number of aliphatic hydroxyl groups excluding tert-OH is 1. The zero-order chi connectivity index (χ0) is 15.4. The molecule has 1 heterocycles. The zero-order valence-corrected chi connectivity index (χ0v) is 11.1. The average Bonchev–Trinajstić information content (AvgIpc) is 2.41. The minimum atomic E-state index is -0.942. The fourth-order valence-electron chi connectivity index (χ4n) is 0.774. The molecule has 0 unspecified atom stereocenters. The third-order valence-corrected chi connectivity index (χ3v) is 1.91. The maximum Gasteiger partial charge on any atom is 0.337 e. The number of hydrogen-bond donors (Lipinski definition) is 4. The van der Waals surface area contributed by atoms with E-state index in [0.29, 0.717) is 0 Å². The van der Waals surface area contributed by atoms with E-state index in [1.807, 2.05) is 0 Å². The van der Waals surface area contributed by atoms with Crippen LogP contribution < -0.4 is 5.73 Å². The van der Waals surface area contributed by atoms with E-state index in [2.05, 4.69) is 4.98 Å². The second kappa shape index (κ2) is 11.1. The number of nitrogens with zero attached hydrogens (tertiary/aromatic N) is 1. The minimum Gasteiger partial charge on any atom is -0.480 e. The summed E-state index contributed by atoms with van der Waals surface area (Å²) in [7, 11) is 1.00. The Morgan fingerprint density at radius 2 is 1.79 bits per heavy atom. The number of carboxylic acid groups (broad SMARTS) is 2. The third-order valence-electron chi connectivity index (χ3n) is 1.91. The lowest BCUT2D eigenvalue weighted by Crippen LogP contribution is -2.34. The van der Waals surface area contributed by atoms with Gasteiger partial charge in [-0.15, -0.1) is 0 Å². The topological polar surface area (TPSA) is 134 Å². The van der Waals surface area contributed by atoms with Gasteiger partial charge >= 0.3 is 11.9 Å². The van der Waals surface area contributed by atoms with Crippen LogP contribution in [0.5, 0.6) is 0 Å². The van der Waals surface area contributed by atoms with Crippen molar-refractivity contribution in [2.45, 2.75) is 19.9 Å². The van der Waals surface area contributed by atoms with Gasteiger partial charge in [0, 0.05) is 19.5 Å². The molecule has 5 N–H and O–H groups in total. The highest BCUT2D eigenvalue weighted by Gasteiger charge is 2.14. The van der Waals surface area contributed by atoms with E-state index >= 15 is 0 Å². The van der Waals surface area contributed by atoms with E-state index in [1.165, 1.54) is 18.5 Å². The Balaban J connectivity index is 0. The molecule has 1 aromatic rings. The molecule has 1 rings (SSSR count). The van der Waals surface area contributed by atoms with Crippen LogP contribution in [0.25, 0.3) is 0 Å². The van der Waals surface area contributed by atoms with Gasteiger partial charge in [0.2, 0.25) is 0 Å². The normalized spacial score (nSPS) is 10.4. The Morgan fingerprint density at radius 3 is 1.95 bits per heavy atom. The van der Waals surface area contributed by atoms with Gasteiger partial charge in [0.1, 0.15) is 6.04 Å². The highest BCUT2D eigenvalue weighted by Crippen LogP contribution is 1.96. The second-order valence-electron chi connectivity index (χ2n) is 3.65. The van der Waals surface area contributed by atoms with Gasteiger partial charge in [0.15, 0.2) is 0 Å². The highest BCUT2D eigenvalue weighted by atomic mass is 16.4. The number of aromatic nitrogens is 1. The zero-order valence-electron chi connectivity index (χ0n) is 11.1.